The number of carbonyl (C=O) groups is 2. The van der Waals surface area contributed by atoms with Crippen molar-refractivity contribution >= 4 is 50.7 Å². The quantitative estimate of drug-likeness (QED) is 0.399. The molecule has 7 nitrogen and oxygen atoms in total. The standard InChI is InChI=1S/C27H29Cl2N3O4S/c1-18-9-11-25(12-10-18)37(35,36)32(24-14-22(28)13-23(29)15-24)17-26(33)31(20(3)27(34)30-4)16-21-8-6-5-7-19(21)2/h5-15,20H,16-17H2,1-4H3,(H,30,34). The van der Waals surface area contributed by atoms with Gasteiger partial charge in [0.15, 0.2) is 0 Å². The molecule has 1 N–H and O–H groups in total. The first-order valence-corrected chi connectivity index (χ1v) is 13.7. The lowest BCUT2D eigenvalue weighted by Crippen LogP contribution is -2.50. The van der Waals surface area contributed by atoms with Gasteiger partial charge in [-0.3, -0.25) is 13.9 Å². The van der Waals surface area contributed by atoms with E-state index in [0.29, 0.717) is 0 Å². The number of nitrogens with zero attached hydrogens (tertiary/aromatic N) is 2. The molecule has 0 radical (unpaired) electrons. The van der Waals surface area contributed by atoms with E-state index in [-0.39, 0.29) is 33.1 Å². The normalized spacial score (nSPS) is 12.1. The van der Waals surface area contributed by atoms with Gasteiger partial charge in [-0.25, -0.2) is 8.42 Å². The summed E-state index contributed by atoms with van der Waals surface area (Å²) < 4.78 is 28.5. The van der Waals surface area contributed by atoms with E-state index in [2.05, 4.69) is 5.32 Å². The maximum absolute atomic E-state index is 13.8. The maximum Gasteiger partial charge on any atom is 0.264 e. The molecule has 3 aromatic rings. The number of rotatable bonds is 9. The Bertz CT molecular complexity index is 1370. The van der Waals surface area contributed by atoms with Gasteiger partial charge in [-0.15, -0.1) is 0 Å². The highest BCUT2D eigenvalue weighted by molar-refractivity contribution is 7.92. The van der Waals surface area contributed by atoms with Gasteiger partial charge in [0.05, 0.1) is 10.6 Å². The summed E-state index contributed by atoms with van der Waals surface area (Å²) in [5.74, 6) is -0.938. The van der Waals surface area contributed by atoms with Crippen LogP contribution in [0, 0.1) is 13.8 Å². The van der Waals surface area contributed by atoms with E-state index < -0.39 is 28.5 Å². The van der Waals surface area contributed by atoms with Crippen molar-refractivity contribution in [2.75, 3.05) is 17.9 Å². The lowest BCUT2D eigenvalue weighted by atomic mass is 10.1. The van der Waals surface area contributed by atoms with Crippen LogP contribution in [0.15, 0.2) is 71.6 Å². The molecule has 0 saturated heterocycles. The zero-order chi connectivity index (χ0) is 27.3. The monoisotopic (exact) mass is 561 g/mol. The zero-order valence-electron chi connectivity index (χ0n) is 21.0. The van der Waals surface area contributed by atoms with Crippen LogP contribution in [0.25, 0.3) is 0 Å². The number of carbonyl (C=O) groups excluding carboxylic acids is 2. The molecule has 0 aliphatic heterocycles. The van der Waals surface area contributed by atoms with Crippen LogP contribution in [-0.2, 0) is 26.2 Å². The molecule has 37 heavy (non-hydrogen) atoms. The molecule has 0 aromatic heterocycles. The molecule has 0 spiro atoms. The van der Waals surface area contributed by atoms with E-state index in [1.54, 1.807) is 19.1 Å². The molecule has 0 saturated carbocycles. The van der Waals surface area contributed by atoms with E-state index in [9.17, 15) is 18.0 Å². The van der Waals surface area contributed by atoms with E-state index in [0.717, 1.165) is 21.0 Å². The largest absolute Gasteiger partial charge is 0.357 e. The summed E-state index contributed by atoms with van der Waals surface area (Å²) in [5, 5.41) is 3.00. The Hall–Kier alpha value is -3.07. The smallest absolute Gasteiger partial charge is 0.264 e. The highest BCUT2D eigenvalue weighted by atomic mass is 35.5. The Kier molecular flexibility index (Phi) is 9.23. The van der Waals surface area contributed by atoms with E-state index in [1.165, 1.54) is 42.3 Å². The first kappa shape index (κ1) is 28.5. The van der Waals surface area contributed by atoms with Crippen LogP contribution in [0.5, 0.6) is 0 Å². The predicted octanol–water partition coefficient (Wildman–Crippen LogP) is 4.97. The minimum absolute atomic E-state index is 0.00630. The summed E-state index contributed by atoms with van der Waals surface area (Å²) in [4.78, 5) is 27.7. The second kappa shape index (κ2) is 12.0. The Morgan fingerprint density at radius 3 is 2.11 bits per heavy atom. The van der Waals surface area contributed by atoms with Crippen molar-refractivity contribution in [3.63, 3.8) is 0 Å². The van der Waals surface area contributed by atoms with Crippen LogP contribution >= 0.6 is 23.2 Å². The molecule has 3 rings (SSSR count). The van der Waals surface area contributed by atoms with Crippen molar-refractivity contribution in [2.24, 2.45) is 0 Å². The number of halogens is 2. The maximum atomic E-state index is 13.8. The number of sulfonamides is 1. The molecule has 0 bridgehead atoms. The number of likely N-dealkylation sites (N-methyl/N-ethyl adjacent to an activating group) is 1. The van der Waals surface area contributed by atoms with Crippen molar-refractivity contribution in [3.05, 3.63) is 93.5 Å². The molecule has 3 aromatic carbocycles. The summed E-state index contributed by atoms with van der Waals surface area (Å²) in [6, 6.07) is 17.3. The van der Waals surface area contributed by atoms with Crippen LogP contribution in [0.4, 0.5) is 5.69 Å². The van der Waals surface area contributed by atoms with Crippen LogP contribution < -0.4 is 9.62 Å². The summed E-state index contributed by atoms with van der Waals surface area (Å²) in [5.41, 5.74) is 2.80. The van der Waals surface area contributed by atoms with Crippen molar-refractivity contribution in [2.45, 2.75) is 38.3 Å². The molecule has 1 unspecified atom stereocenters. The highest BCUT2D eigenvalue weighted by Gasteiger charge is 2.32. The molecule has 0 heterocycles. The third-order valence-electron chi connectivity index (χ3n) is 6.04. The Labute approximate surface area is 228 Å². The third-order valence-corrected chi connectivity index (χ3v) is 8.26. The van der Waals surface area contributed by atoms with Gasteiger partial charge < -0.3 is 10.2 Å². The zero-order valence-corrected chi connectivity index (χ0v) is 23.4. The van der Waals surface area contributed by atoms with Gasteiger partial charge in [0.2, 0.25) is 11.8 Å². The molecule has 196 valence electrons. The number of hydrogen-bond donors (Lipinski definition) is 1. The summed E-state index contributed by atoms with van der Waals surface area (Å²) in [6.45, 7) is 4.90. The number of nitrogens with one attached hydrogen (secondary N) is 1. The Morgan fingerprint density at radius 2 is 1.54 bits per heavy atom. The topological polar surface area (TPSA) is 86.8 Å². The Morgan fingerprint density at radius 1 is 0.946 bits per heavy atom. The first-order valence-electron chi connectivity index (χ1n) is 11.5. The average Bonchev–Trinajstić information content (AvgIpc) is 2.85. The van der Waals surface area contributed by atoms with Gasteiger partial charge in [0, 0.05) is 23.6 Å². The lowest BCUT2D eigenvalue weighted by molar-refractivity contribution is -0.139. The minimum Gasteiger partial charge on any atom is -0.357 e. The van der Waals surface area contributed by atoms with Crippen molar-refractivity contribution in [1.29, 1.82) is 0 Å². The van der Waals surface area contributed by atoms with Crippen molar-refractivity contribution < 1.29 is 18.0 Å². The number of aryl methyl sites for hydroxylation is 2. The van der Waals surface area contributed by atoms with Gasteiger partial charge >= 0.3 is 0 Å². The molecular weight excluding hydrogens is 533 g/mol. The van der Waals surface area contributed by atoms with Gasteiger partial charge in [0.1, 0.15) is 12.6 Å². The predicted molar refractivity (Wildman–Crippen MR) is 147 cm³/mol. The molecule has 0 aliphatic rings. The summed E-state index contributed by atoms with van der Waals surface area (Å²) >= 11 is 12.4. The van der Waals surface area contributed by atoms with Gasteiger partial charge in [-0.2, -0.15) is 0 Å². The number of benzene rings is 3. The molecular formula is C27H29Cl2N3O4S. The van der Waals surface area contributed by atoms with Crippen molar-refractivity contribution in [3.8, 4) is 0 Å². The fourth-order valence-electron chi connectivity index (χ4n) is 3.81. The van der Waals surface area contributed by atoms with Crippen LogP contribution in [0.2, 0.25) is 10.0 Å². The van der Waals surface area contributed by atoms with Gasteiger partial charge in [-0.1, -0.05) is 65.2 Å². The number of anilines is 1. The second-order valence-corrected chi connectivity index (χ2v) is 11.4. The molecule has 10 heteroatoms. The van der Waals surface area contributed by atoms with E-state index in [4.69, 9.17) is 23.2 Å². The van der Waals surface area contributed by atoms with Crippen LogP contribution in [0.1, 0.15) is 23.6 Å². The Balaban J connectivity index is 2.08. The second-order valence-electron chi connectivity index (χ2n) is 8.69. The van der Waals surface area contributed by atoms with E-state index >= 15 is 0 Å². The third kappa shape index (κ3) is 6.83. The summed E-state index contributed by atoms with van der Waals surface area (Å²) in [7, 11) is -2.71. The van der Waals surface area contributed by atoms with E-state index in [1.807, 2.05) is 38.1 Å². The first-order chi connectivity index (χ1) is 17.4. The fraction of sp³-hybridized carbons (Fsp3) is 0.259. The number of amides is 2. The SMILES string of the molecule is CNC(=O)C(C)N(Cc1ccccc1C)C(=O)CN(c1cc(Cl)cc(Cl)c1)S(=O)(=O)c1ccc(C)cc1. The average molecular weight is 563 g/mol. The molecule has 0 aliphatic carbocycles. The fourth-order valence-corrected chi connectivity index (χ4v) is 5.72. The van der Waals surface area contributed by atoms with Gasteiger partial charge in [-0.05, 0) is 62.2 Å². The van der Waals surface area contributed by atoms with Crippen LogP contribution in [-0.4, -0.2) is 44.8 Å². The van der Waals surface area contributed by atoms with Gasteiger partial charge in [0.25, 0.3) is 10.0 Å². The summed E-state index contributed by atoms with van der Waals surface area (Å²) in [6.07, 6.45) is 0. The van der Waals surface area contributed by atoms with Crippen LogP contribution in [0.3, 0.4) is 0 Å². The molecule has 2 amide bonds. The van der Waals surface area contributed by atoms with Crippen molar-refractivity contribution in [1.82, 2.24) is 10.2 Å². The number of hydrogen-bond acceptors (Lipinski definition) is 4. The minimum atomic E-state index is -4.20. The molecule has 1 atom stereocenters. The molecule has 0 fully saturated rings. The lowest BCUT2D eigenvalue weighted by Gasteiger charge is -2.32. The highest BCUT2D eigenvalue weighted by Crippen LogP contribution is 2.30.